The molecule has 1 N–H and O–H groups in total. The summed E-state index contributed by atoms with van der Waals surface area (Å²) in [6.07, 6.45) is 9.49. The van der Waals surface area contributed by atoms with Gasteiger partial charge in [0, 0.05) is 6.04 Å². The van der Waals surface area contributed by atoms with E-state index in [1.165, 1.54) is 19.3 Å². The Kier molecular flexibility index (Phi) is 4.69. The number of benzene rings is 1. The predicted molar refractivity (Wildman–Crippen MR) is 98.6 cm³/mol. The van der Waals surface area contributed by atoms with E-state index in [2.05, 4.69) is 20.6 Å². The monoisotopic (exact) mass is 352 g/mol. The van der Waals surface area contributed by atoms with Gasteiger partial charge in [0.05, 0.1) is 30.1 Å². The van der Waals surface area contributed by atoms with Crippen LogP contribution in [0, 0.1) is 0 Å². The van der Waals surface area contributed by atoms with E-state index in [4.69, 9.17) is 0 Å². The summed E-state index contributed by atoms with van der Waals surface area (Å²) in [5.74, 6) is 0.0152. The Hall–Kier alpha value is -2.70. The normalized spacial score (nSPS) is 16.7. The fourth-order valence-corrected chi connectivity index (χ4v) is 3.57. The average molecular weight is 352 g/mol. The van der Waals surface area contributed by atoms with Crippen molar-refractivity contribution in [1.29, 1.82) is 0 Å². The Balaban J connectivity index is 1.42. The first kappa shape index (κ1) is 16.8. The van der Waals surface area contributed by atoms with Gasteiger partial charge in [0.25, 0.3) is 0 Å². The number of fused-ring (bicyclic) bond motifs is 1. The van der Waals surface area contributed by atoms with Crippen LogP contribution in [0.15, 0.2) is 36.8 Å². The van der Waals surface area contributed by atoms with Gasteiger partial charge >= 0.3 is 0 Å². The SMILES string of the molecule is CC(C(=O)NC1CCCCC1)n1cc(Cn2cnc3ccccc32)nn1. The average Bonchev–Trinajstić information content (AvgIpc) is 3.30. The van der Waals surface area contributed by atoms with Crippen LogP contribution >= 0.6 is 0 Å². The summed E-state index contributed by atoms with van der Waals surface area (Å²) in [7, 11) is 0. The lowest BCUT2D eigenvalue weighted by atomic mass is 9.95. The van der Waals surface area contributed by atoms with E-state index in [0.717, 1.165) is 29.6 Å². The largest absolute Gasteiger partial charge is 0.352 e. The first-order chi connectivity index (χ1) is 12.7. The molecular weight excluding hydrogens is 328 g/mol. The Bertz CT molecular complexity index is 892. The number of amides is 1. The zero-order valence-corrected chi connectivity index (χ0v) is 15.0. The lowest BCUT2D eigenvalue weighted by Crippen LogP contribution is -2.40. The van der Waals surface area contributed by atoms with Gasteiger partial charge in [0.2, 0.25) is 5.91 Å². The smallest absolute Gasteiger partial charge is 0.244 e. The molecule has 7 heteroatoms. The molecule has 1 aliphatic carbocycles. The number of carbonyl (C=O) groups is 1. The van der Waals surface area contributed by atoms with Gasteiger partial charge in [-0.15, -0.1) is 5.10 Å². The van der Waals surface area contributed by atoms with Crippen molar-refractivity contribution in [2.45, 2.75) is 57.7 Å². The van der Waals surface area contributed by atoms with Gasteiger partial charge in [-0.3, -0.25) is 4.79 Å². The van der Waals surface area contributed by atoms with Crippen LogP contribution in [0.4, 0.5) is 0 Å². The molecule has 0 radical (unpaired) electrons. The first-order valence-corrected chi connectivity index (χ1v) is 9.31. The number of aromatic nitrogens is 5. The maximum atomic E-state index is 12.5. The standard InChI is InChI=1S/C19H24N6O/c1-14(19(26)21-15-7-3-2-4-8-15)25-12-16(22-23-25)11-24-13-20-17-9-5-6-10-18(17)24/h5-6,9-10,12-15H,2-4,7-8,11H2,1H3,(H,21,26). The molecular formula is C19H24N6O. The number of nitrogens with one attached hydrogen (secondary N) is 1. The number of nitrogens with zero attached hydrogens (tertiary/aromatic N) is 5. The third-order valence-corrected chi connectivity index (χ3v) is 5.15. The second kappa shape index (κ2) is 7.27. The number of para-hydroxylation sites is 2. The van der Waals surface area contributed by atoms with Gasteiger partial charge in [0.15, 0.2) is 0 Å². The number of imidazole rings is 1. The van der Waals surface area contributed by atoms with E-state index in [1.807, 2.05) is 48.3 Å². The fraction of sp³-hybridized carbons (Fsp3) is 0.474. The van der Waals surface area contributed by atoms with Crippen LogP contribution < -0.4 is 5.32 Å². The van der Waals surface area contributed by atoms with Crippen molar-refractivity contribution in [3.8, 4) is 0 Å². The van der Waals surface area contributed by atoms with Crippen molar-refractivity contribution in [2.24, 2.45) is 0 Å². The molecule has 0 bridgehead atoms. The van der Waals surface area contributed by atoms with Crippen molar-refractivity contribution >= 4 is 16.9 Å². The number of carbonyl (C=O) groups excluding carboxylic acids is 1. The minimum atomic E-state index is -0.363. The molecule has 4 rings (SSSR count). The van der Waals surface area contributed by atoms with E-state index in [-0.39, 0.29) is 11.9 Å². The third kappa shape index (κ3) is 3.47. The van der Waals surface area contributed by atoms with Gasteiger partial charge in [-0.1, -0.05) is 36.6 Å². The second-order valence-corrected chi connectivity index (χ2v) is 7.07. The quantitative estimate of drug-likeness (QED) is 0.766. The van der Waals surface area contributed by atoms with Crippen LogP contribution in [0.3, 0.4) is 0 Å². The summed E-state index contributed by atoms with van der Waals surface area (Å²) in [6.45, 7) is 2.45. The van der Waals surface area contributed by atoms with Crippen molar-refractivity contribution in [3.63, 3.8) is 0 Å². The molecule has 7 nitrogen and oxygen atoms in total. The number of rotatable bonds is 5. The van der Waals surface area contributed by atoms with E-state index in [0.29, 0.717) is 12.6 Å². The molecule has 0 aliphatic heterocycles. The van der Waals surface area contributed by atoms with Gasteiger partial charge in [0.1, 0.15) is 11.7 Å². The molecule has 1 aliphatic rings. The number of hydrogen-bond acceptors (Lipinski definition) is 4. The first-order valence-electron chi connectivity index (χ1n) is 9.31. The van der Waals surface area contributed by atoms with Crippen LogP contribution in [0.2, 0.25) is 0 Å². The van der Waals surface area contributed by atoms with Crippen LogP contribution in [0.25, 0.3) is 11.0 Å². The highest BCUT2D eigenvalue weighted by atomic mass is 16.2. The minimum Gasteiger partial charge on any atom is -0.352 e. The summed E-state index contributed by atoms with van der Waals surface area (Å²) in [5, 5.41) is 11.5. The van der Waals surface area contributed by atoms with Crippen molar-refractivity contribution in [2.75, 3.05) is 0 Å². The highest BCUT2D eigenvalue weighted by Gasteiger charge is 2.21. The summed E-state index contributed by atoms with van der Waals surface area (Å²) in [4.78, 5) is 16.9. The number of hydrogen-bond donors (Lipinski definition) is 1. The Morgan fingerprint density at radius 2 is 2.08 bits per heavy atom. The molecule has 1 amide bonds. The zero-order valence-electron chi connectivity index (χ0n) is 15.0. The molecule has 3 aromatic rings. The zero-order chi connectivity index (χ0) is 17.9. The fourth-order valence-electron chi connectivity index (χ4n) is 3.57. The Morgan fingerprint density at radius 1 is 1.27 bits per heavy atom. The topological polar surface area (TPSA) is 77.6 Å². The van der Waals surface area contributed by atoms with Crippen LogP contribution in [0.1, 0.15) is 50.8 Å². The molecule has 136 valence electrons. The summed E-state index contributed by atoms with van der Waals surface area (Å²) in [5.41, 5.74) is 2.83. The van der Waals surface area contributed by atoms with E-state index in [1.54, 1.807) is 4.68 Å². The predicted octanol–water partition coefficient (Wildman–Crippen LogP) is 2.69. The Morgan fingerprint density at radius 3 is 2.92 bits per heavy atom. The van der Waals surface area contributed by atoms with Gasteiger partial charge in [-0.25, -0.2) is 9.67 Å². The van der Waals surface area contributed by atoms with Crippen molar-refractivity contribution in [1.82, 2.24) is 29.9 Å². The molecule has 0 spiro atoms. The summed E-state index contributed by atoms with van der Waals surface area (Å²) >= 11 is 0. The van der Waals surface area contributed by atoms with Crippen LogP contribution in [-0.2, 0) is 11.3 Å². The Labute approximate surface area is 152 Å². The molecule has 1 fully saturated rings. The molecule has 0 saturated heterocycles. The molecule has 1 unspecified atom stereocenters. The lowest BCUT2D eigenvalue weighted by molar-refractivity contribution is -0.125. The maximum Gasteiger partial charge on any atom is 0.244 e. The molecule has 1 aromatic carbocycles. The summed E-state index contributed by atoms with van der Waals surface area (Å²) in [6, 6.07) is 7.93. The van der Waals surface area contributed by atoms with E-state index in [9.17, 15) is 4.79 Å². The van der Waals surface area contributed by atoms with E-state index < -0.39 is 0 Å². The van der Waals surface area contributed by atoms with E-state index >= 15 is 0 Å². The van der Waals surface area contributed by atoms with Crippen LogP contribution in [-0.4, -0.2) is 36.5 Å². The molecule has 26 heavy (non-hydrogen) atoms. The highest BCUT2D eigenvalue weighted by molar-refractivity contribution is 5.80. The van der Waals surface area contributed by atoms with Gasteiger partial charge in [-0.05, 0) is 31.9 Å². The summed E-state index contributed by atoms with van der Waals surface area (Å²) < 4.78 is 3.68. The molecule has 2 heterocycles. The third-order valence-electron chi connectivity index (χ3n) is 5.15. The minimum absolute atomic E-state index is 0.0152. The van der Waals surface area contributed by atoms with Crippen molar-refractivity contribution in [3.05, 3.63) is 42.5 Å². The second-order valence-electron chi connectivity index (χ2n) is 7.07. The van der Waals surface area contributed by atoms with Crippen LogP contribution in [0.5, 0.6) is 0 Å². The molecule has 2 aromatic heterocycles. The van der Waals surface area contributed by atoms with Gasteiger partial charge < -0.3 is 9.88 Å². The van der Waals surface area contributed by atoms with Gasteiger partial charge in [-0.2, -0.15) is 0 Å². The lowest BCUT2D eigenvalue weighted by Gasteiger charge is -2.24. The molecule has 1 saturated carbocycles. The van der Waals surface area contributed by atoms with Crippen molar-refractivity contribution < 1.29 is 4.79 Å². The highest BCUT2D eigenvalue weighted by Crippen LogP contribution is 2.18. The molecule has 1 atom stereocenters. The maximum absolute atomic E-state index is 12.5.